The van der Waals surface area contributed by atoms with Gasteiger partial charge in [0.05, 0.1) is 10.6 Å². The molecule has 0 aliphatic carbocycles. The summed E-state index contributed by atoms with van der Waals surface area (Å²) in [5.74, 6) is -0.362. The Kier molecular flexibility index (Phi) is 9.15. The van der Waals surface area contributed by atoms with E-state index in [1.807, 2.05) is 0 Å². The number of anilines is 1. The number of hydrogen-bond donors (Lipinski definition) is 2. The van der Waals surface area contributed by atoms with Crippen LogP contribution in [0.4, 0.5) is 25.0 Å². The topological polar surface area (TPSA) is 103 Å². The first-order valence-corrected chi connectivity index (χ1v) is 7.80. The summed E-state index contributed by atoms with van der Waals surface area (Å²) >= 11 is 0. The van der Waals surface area contributed by atoms with Crippen LogP contribution in [0.25, 0.3) is 0 Å². The van der Waals surface area contributed by atoms with Gasteiger partial charge in [-0.2, -0.15) is 8.78 Å². The maximum absolute atomic E-state index is 12.4. The van der Waals surface area contributed by atoms with Crippen LogP contribution >= 0.6 is 0 Å². The van der Waals surface area contributed by atoms with Crippen LogP contribution in [0, 0.1) is 10.1 Å². The lowest BCUT2D eigenvalue weighted by Crippen LogP contribution is -2.30. The molecule has 0 saturated carbocycles. The average Bonchev–Trinajstić information content (AvgIpc) is 2.55. The number of amides is 2. The number of alkyl halides is 2. The summed E-state index contributed by atoms with van der Waals surface area (Å²) in [5.41, 5.74) is -0.576. The van der Waals surface area contributed by atoms with Crippen molar-refractivity contribution in [3.05, 3.63) is 28.3 Å². The van der Waals surface area contributed by atoms with Crippen molar-refractivity contribution in [2.24, 2.45) is 0 Å². The Labute approximate surface area is 143 Å². The van der Waals surface area contributed by atoms with Gasteiger partial charge in [0.1, 0.15) is 5.75 Å². The van der Waals surface area contributed by atoms with Gasteiger partial charge in [0.25, 0.3) is 5.69 Å². The number of carbonyl (C=O) groups is 1. The predicted octanol–water partition coefficient (Wildman–Crippen LogP) is 3.52. The molecule has 0 aliphatic heterocycles. The highest BCUT2D eigenvalue weighted by Crippen LogP contribution is 2.30. The number of carbonyl (C=O) groups excluding carboxylic acids is 1. The minimum Gasteiger partial charge on any atom is -0.433 e. The molecule has 140 valence electrons. The van der Waals surface area contributed by atoms with E-state index < -0.39 is 17.6 Å². The van der Waals surface area contributed by atoms with E-state index >= 15 is 0 Å². The quantitative estimate of drug-likeness (QED) is 0.357. The van der Waals surface area contributed by atoms with Gasteiger partial charge in [0.15, 0.2) is 0 Å². The summed E-state index contributed by atoms with van der Waals surface area (Å²) in [6.45, 7) is 0.375. The lowest BCUT2D eigenvalue weighted by molar-refractivity contribution is -0.384. The molecular weight excluding hydrogens is 340 g/mol. The Hall–Kier alpha value is -2.49. The number of halogens is 2. The number of nitro groups is 1. The zero-order chi connectivity index (χ0) is 18.7. The lowest BCUT2D eigenvalue weighted by Gasteiger charge is -2.12. The van der Waals surface area contributed by atoms with Crippen molar-refractivity contribution in [3.63, 3.8) is 0 Å². The number of nitrogens with zero attached hydrogens (tertiary/aromatic N) is 1. The molecular formula is C15H21F2N3O5. The second-order valence-corrected chi connectivity index (χ2v) is 5.02. The van der Waals surface area contributed by atoms with Crippen LogP contribution in [-0.4, -0.2) is 37.3 Å². The minimum absolute atomic E-state index is 0.216. The van der Waals surface area contributed by atoms with Crippen LogP contribution in [0.3, 0.4) is 0 Å². The summed E-state index contributed by atoms with van der Waals surface area (Å²) in [5, 5.41) is 15.5. The first-order valence-electron chi connectivity index (χ1n) is 7.80. The molecule has 0 radical (unpaired) electrons. The monoisotopic (exact) mass is 361 g/mol. The van der Waals surface area contributed by atoms with Gasteiger partial charge in [-0.05, 0) is 18.9 Å². The Bertz CT molecular complexity index is 572. The molecule has 0 atom stereocenters. The van der Waals surface area contributed by atoms with Crippen LogP contribution in [0.1, 0.15) is 26.2 Å². The fourth-order valence-electron chi connectivity index (χ4n) is 1.82. The van der Waals surface area contributed by atoms with Crippen molar-refractivity contribution >= 4 is 17.4 Å². The number of benzene rings is 1. The SMILES string of the molecule is CCCCOCCCNC(=O)Nc1cc([N+](=O)[O-])ccc1OC(F)F. The number of unbranched alkanes of at least 4 members (excludes halogenated alkanes) is 1. The number of ether oxygens (including phenoxy) is 2. The molecule has 0 aliphatic rings. The number of rotatable bonds is 11. The van der Waals surface area contributed by atoms with E-state index in [0.29, 0.717) is 26.2 Å². The Balaban J connectivity index is 2.53. The molecule has 0 saturated heterocycles. The van der Waals surface area contributed by atoms with E-state index in [1.165, 1.54) is 0 Å². The van der Waals surface area contributed by atoms with E-state index in [1.54, 1.807) is 0 Å². The third kappa shape index (κ3) is 8.25. The Morgan fingerprint density at radius 1 is 1.32 bits per heavy atom. The third-order valence-electron chi connectivity index (χ3n) is 3.03. The van der Waals surface area contributed by atoms with E-state index in [2.05, 4.69) is 22.3 Å². The van der Waals surface area contributed by atoms with Crippen molar-refractivity contribution in [3.8, 4) is 5.75 Å². The molecule has 25 heavy (non-hydrogen) atoms. The summed E-state index contributed by atoms with van der Waals surface area (Å²) in [7, 11) is 0. The molecule has 0 aromatic heterocycles. The zero-order valence-corrected chi connectivity index (χ0v) is 13.8. The van der Waals surface area contributed by atoms with Gasteiger partial charge in [-0.3, -0.25) is 10.1 Å². The standard InChI is InChI=1S/C15H21F2N3O5/c1-2-3-8-24-9-4-7-18-15(21)19-12-10-11(20(22)23)5-6-13(12)25-14(16)17/h5-6,10,14H,2-4,7-9H2,1H3,(H2,18,19,21). The van der Waals surface area contributed by atoms with Crippen LogP contribution in [0.15, 0.2) is 18.2 Å². The largest absolute Gasteiger partial charge is 0.433 e. The number of non-ortho nitro benzene ring substituents is 1. The first-order chi connectivity index (χ1) is 11.9. The maximum Gasteiger partial charge on any atom is 0.387 e. The molecule has 0 bridgehead atoms. The predicted molar refractivity (Wildman–Crippen MR) is 87.1 cm³/mol. The second-order valence-electron chi connectivity index (χ2n) is 5.02. The van der Waals surface area contributed by atoms with Crippen molar-refractivity contribution in [2.75, 3.05) is 25.1 Å². The van der Waals surface area contributed by atoms with E-state index in [0.717, 1.165) is 31.0 Å². The molecule has 8 nitrogen and oxygen atoms in total. The van der Waals surface area contributed by atoms with Crippen LogP contribution in [0.2, 0.25) is 0 Å². The number of urea groups is 1. The fraction of sp³-hybridized carbons (Fsp3) is 0.533. The molecule has 0 unspecified atom stereocenters. The summed E-state index contributed by atoms with van der Waals surface area (Å²) in [4.78, 5) is 21.9. The molecule has 0 heterocycles. The van der Waals surface area contributed by atoms with E-state index in [9.17, 15) is 23.7 Å². The molecule has 1 aromatic carbocycles. The molecule has 1 aromatic rings. The van der Waals surface area contributed by atoms with Crippen molar-refractivity contribution in [1.82, 2.24) is 5.32 Å². The molecule has 2 amide bonds. The number of nitro benzene ring substituents is 1. The van der Waals surface area contributed by atoms with E-state index in [-0.39, 0.29) is 17.1 Å². The van der Waals surface area contributed by atoms with Gasteiger partial charge in [-0.1, -0.05) is 13.3 Å². The van der Waals surface area contributed by atoms with Crippen LogP contribution in [-0.2, 0) is 4.74 Å². The van der Waals surface area contributed by atoms with Crippen LogP contribution in [0.5, 0.6) is 5.75 Å². The van der Waals surface area contributed by atoms with Gasteiger partial charge in [-0.15, -0.1) is 0 Å². The Morgan fingerprint density at radius 3 is 2.68 bits per heavy atom. The van der Waals surface area contributed by atoms with Gasteiger partial charge in [-0.25, -0.2) is 4.79 Å². The molecule has 0 fully saturated rings. The first kappa shape index (κ1) is 20.6. The van der Waals surface area contributed by atoms with Crippen molar-refractivity contribution in [2.45, 2.75) is 32.8 Å². The lowest BCUT2D eigenvalue weighted by atomic mass is 10.2. The normalized spacial score (nSPS) is 10.6. The summed E-state index contributed by atoms with van der Waals surface area (Å²) in [6, 6.07) is 2.27. The second kappa shape index (κ2) is 11.1. The highest BCUT2D eigenvalue weighted by Gasteiger charge is 2.16. The van der Waals surface area contributed by atoms with Gasteiger partial charge >= 0.3 is 12.6 Å². The summed E-state index contributed by atoms with van der Waals surface area (Å²) in [6.07, 6.45) is 2.58. The van der Waals surface area contributed by atoms with Crippen molar-refractivity contribution < 1.29 is 28.0 Å². The average molecular weight is 361 g/mol. The highest BCUT2D eigenvalue weighted by molar-refractivity contribution is 5.91. The van der Waals surface area contributed by atoms with Gasteiger partial charge < -0.3 is 20.1 Å². The molecule has 10 heteroatoms. The van der Waals surface area contributed by atoms with Crippen molar-refractivity contribution in [1.29, 1.82) is 0 Å². The molecule has 0 spiro atoms. The van der Waals surface area contributed by atoms with Gasteiger partial charge in [0.2, 0.25) is 0 Å². The van der Waals surface area contributed by atoms with E-state index in [4.69, 9.17) is 4.74 Å². The number of hydrogen-bond acceptors (Lipinski definition) is 5. The van der Waals surface area contributed by atoms with Crippen LogP contribution < -0.4 is 15.4 Å². The summed E-state index contributed by atoms with van der Waals surface area (Å²) < 4.78 is 34.3. The van der Waals surface area contributed by atoms with Gasteiger partial charge in [0, 0.05) is 31.9 Å². The fourth-order valence-corrected chi connectivity index (χ4v) is 1.82. The molecule has 1 rings (SSSR count). The maximum atomic E-state index is 12.4. The Morgan fingerprint density at radius 2 is 2.04 bits per heavy atom. The minimum atomic E-state index is -3.12. The zero-order valence-electron chi connectivity index (χ0n) is 13.8. The number of nitrogens with one attached hydrogen (secondary N) is 2. The molecule has 2 N–H and O–H groups in total. The highest BCUT2D eigenvalue weighted by atomic mass is 19.3. The third-order valence-corrected chi connectivity index (χ3v) is 3.03. The smallest absolute Gasteiger partial charge is 0.387 e.